The van der Waals surface area contributed by atoms with Gasteiger partial charge in [0.2, 0.25) is 0 Å². The maximum Gasteiger partial charge on any atom is 0.308 e. The highest BCUT2D eigenvalue weighted by Crippen LogP contribution is 2.57. The summed E-state index contributed by atoms with van der Waals surface area (Å²) >= 11 is 0. The molecule has 0 amide bonds. The quantitative estimate of drug-likeness (QED) is 0.269. The lowest BCUT2D eigenvalue weighted by molar-refractivity contribution is -0.353. The molecule has 11 heteroatoms. The van der Waals surface area contributed by atoms with E-state index in [9.17, 15) is 20.1 Å². The van der Waals surface area contributed by atoms with E-state index in [1.807, 2.05) is 6.92 Å². The Morgan fingerprint density at radius 2 is 1.59 bits per heavy atom. The third-order valence-corrected chi connectivity index (χ3v) is 14.4. The first-order valence-corrected chi connectivity index (χ1v) is 20.0. The summed E-state index contributed by atoms with van der Waals surface area (Å²) in [6.07, 6.45) is 5.85. The van der Waals surface area contributed by atoms with Crippen LogP contribution in [0, 0.1) is 41.4 Å². The normalized spacial score (nSPS) is 54.2. The molecule has 0 aromatic carbocycles. The molecule has 0 bridgehead atoms. The van der Waals surface area contributed by atoms with Crippen LogP contribution in [0.1, 0.15) is 120 Å². The lowest BCUT2D eigenvalue weighted by atomic mass is 9.78. The number of carbonyl (C=O) groups is 1. The average Bonchev–Trinajstić information content (AvgIpc) is 3.75. The Hall–Kier alpha value is -0.890. The Morgan fingerprint density at radius 1 is 0.863 bits per heavy atom. The van der Waals surface area contributed by atoms with Crippen LogP contribution in [0.5, 0.6) is 0 Å². The fraction of sp³-hybridized carbons (Fsp3) is 0.975. The molecule has 294 valence electrons. The summed E-state index contributed by atoms with van der Waals surface area (Å²) in [5.74, 6) is -3.26. The Morgan fingerprint density at radius 3 is 2.25 bits per heavy atom. The Kier molecular flexibility index (Phi) is 11.4. The topological polar surface area (TPSA) is 142 Å². The number of ether oxygens (including phenoxy) is 7. The number of rotatable bonds is 9. The molecular weight excluding hydrogens is 656 g/mol. The summed E-state index contributed by atoms with van der Waals surface area (Å²) in [6, 6.07) is 0. The van der Waals surface area contributed by atoms with Crippen LogP contribution >= 0.6 is 0 Å². The summed E-state index contributed by atoms with van der Waals surface area (Å²) in [5.41, 5.74) is -1.10. The van der Waals surface area contributed by atoms with Crippen molar-refractivity contribution < 1.29 is 53.3 Å². The summed E-state index contributed by atoms with van der Waals surface area (Å²) in [5, 5.41) is 30.7. The molecule has 6 rings (SSSR count). The summed E-state index contributed by atoms with van der Waals surface area (Å²) in [4.78, 5) is 11.8. The summed E-state index contributed by atoms with van der Waals surface area (Å²) in [6.45, 7) is 18.4. The third-order valence-electron chi connectivity index (χ3n) is 14.4. The minimum Gasteiger partial charge on any atom is -0.481 e. The summed E-state index contributed by atoms with van der Waals surface area (Å²) in [7, 11) is 1.77. The lowest BCUT2D eigenvalue weighted by Gasteiger charge is -2.50. The summed E-state index contributed by atoms with van der Waals surface area (Å²) < 4.78 is 47.0. The van der Waals surface area contributed by atoms with Crippen molar-refractivity contribution in [3.8, 4) is 0 Å². The van der Waals surface area contributed by atoms with Crippen molar-refractivity contribution in [2.75, 3.05) is 13.7 Å². The monoisotopic (exact) mass is 724 g/mol. The molecule has 51 heavy (non-hydrogen) atoms. The van der Waals surface area contributed by atoms with Crippen molar-refractivity contribution in [1.82, 2.24) is 0 Å². The lowest BCUT2D eigenvalue weighted by Crippen LogP contribution is -2.58. The van der Waals surface area contributed by atoms with Gasteiger partial charge in [0.25, 0.3) is 0 Å². The van der Waals surface area contributed by atoms with Crippen LogP contribution in [0.15, 0.2) is 0 Å². The molecule has 11 nitrogen and oxygen atoms in total. The van der Waals surface area contributed by atoms with Crippen molar-refractivity contribution in [2.45, 2.75) is 192 Å². The van der Waals surface area contributed by atoms with Crippen LogP contribution in [-0.4, -0.2) is 107 Å². The van der Waals surface area contributed by atoms with Crippen LogP contribution in [-0.2, 0) is 38.0 Å². The maximum atomic E-state index is 11.8. The molecule has 0 unspecified atom stereocenters. The molecule has 3 N–H and O–H groups in total. The van der Waals surface area contributed by atoms with E-state index in [0.29, 0.717) is 6.42 Å². The second-order valence-corrected chi connectivity index (χ2v) is 18.4. The van der Waals surface area contributed by atoms with Gasteiger partial charge in [0.1, 0.15) is 0 Å². The number of aliphatic carboxylic acids is 1. The first-order valence-electron chi connectivity index (χ1n) is 20.0. The van der Waals surface area contributed by atoms with Gasteiger partial charge < -0.3 is 48.5 Å². The van der Waals surface area contributed by atoms with E-state index < -0.39 is 41.3 Å². The van der Waals surface area contributed by atoms with Crippen LogP contribution in [0.3, 0.4) is 0 Å². The van der Waals surface area contributed by atoms with E-state index in [4.69, 9.17) is 33.2 Å². The molecular formula is C40H68O11. The number of hydrogen-bond donors (Lipinski definition) is 3. The number of carboxylic acid groups (broad SMARTS) is 1. The fourth-order valence-electron chi connectivity index (χ4n) is 11.3. The average molecular weight is 725 g/mol. The van der Waals surface area contributed by atoms with Crippen LogP contribution in [0.2, 0.25) is 0 Å². The molecule has 6 aliphatic rings. The van der Waals surface area contributed by atoms with Gasteiger partial charge in [-0.15, -0.1) is 0 Å². The van der Waals surface area contributed by atoms with Crippen molar-refractivity contribution in [2.24, 2.45) is 41.4 Å². The standard InChI is InChI=1S/C40H68O11/c1-21-11-12-28(46-33(21)26(6)36(42)43)17-29-18-30(45-10)27(7)40(48-29)25(5)19-38(9,51-40)32-13-14-37(8,49-32)35-23(3)16-31(47-35)34-22(2)15-24(4)39(44,20-41)50-34/h21-35,41,44H,11-20H2,1-10H3,(H,42,43)/t21-,22+,23-,24-,25-,26+,27-,28+,29+,30-,31+,32+,33-,34-,35-,37+,38+,39+,40-/m1/s1. The molecule has 1 spiro atoms. The van der Waals surface area contributed by atoms with Crippen LogP contribution in [0.25, 0.3) is 0 Å². The number of aliphatic hydroxyl groups excluding tert-OH is 1. The Balaban J connectivity index is 1.13. The van der Waals surface area contributed by atoms with Crippen molar-refractivity contribution in [3.05, 3.63) is 0 Å². The van der Waals surface area contributed by atoms with Gasteiger partial charge in [-0.3, -0.25) is 4.79 Å². The van der Waals surface area contributed by atoms with Crippen molar-refractivity contribution >= 4 is 5.97 Å². The smallest absolute Gasteiger partial charge is 0.308 e. The molecule has 6 heterocycles. The minimum absolute atomic E-state index is 0.00727. The molecule has 6 fully saturated rings. The van der Waals surface area contributed by atoms with E-state index in [1.54, 1.807) is 14.0 Å². The Labute approximate surface area is 305 Å². The number of carboxylic acids is 1. The van der Waals surface area contributed by atoms with Crippen molar-refractivity contribution in [3.63, 3.8) is 0 Å². The molecule has 0 aromatic rings. The van der Waals surface area contributed by atoms with E-state index in [2.05, 4.69) is 48.5 Å². The molecule has 6 saturated heterocycles. The van der Waals surface area contributed by atoms with E-state index in [1.165, 1.54) is 0 Å². The van der Waals surface area contributed by atoms with Gasteiger partial charge in [-0.2, -0.15) is 0 Å². The molecule has 0 aliphatic carbocycles. The first kappa shape index (κ1) is 39.8. The maximum absolute atomic E-state index is 11.8. The van der Waals surface area contributed by atoms with Gasteiger partial charge in [0.15, 0.2) is 11.6 Å². The zero-order chi connectivity index (χ0) is 37.3. The fourth-order valence-corrected chi connectivity index (χ4v) is 11.3. The van der Waals surface area contributed by atoms with Crippen molar-refractivity contribution in [1.29, 1.82) is 0 Å². The predicted molar refractivity (Wildman–Crippen MR) is 189 cm³/mol. The Bertz CT molecular complexity index is 1230. The minimum atomic E-state index is -1.55. The van der Waals surface area contributed by atoms with Gasteiger partial charge in [0.05, 0.1) is 72.6 Å². The highest BCUT2D eigenvalue weighted by atomic mass is 16.7. The van der Waals surface area contributed by atoms with E-state index >= 15 is 0 Å². The highest BCUT2D eigenvalue weighted by Gasteiger charge is 2.65. The van der Waals surface area contributed by atoms with Gasteiger partial charge >= 0.3 is 5.97 Å². The highest BCUT2D eigenvalue weighted by molar-refractivity contribution is 5.70. The first-order chi connectivity index (χ1) is 23.9. The molecule has 0 radical (unpaired) electrons. The SMILES string of the molecule is CO[C@@H]1C[C@H](C[C@@H]2CC[C@@H](C)[C@H]([C@H](C)C(=O)O)O2)O[C@]2(O[C@](C)([C@@H]3CC[C@@](C)([C@@H]4O[C@H]([C@@H]5O[C@@](O)(CO)[C@H](C)C[C@@H]5C)C[C@H]4C)O3)C[C@H]2C)[C@@H]1C. The number of hydrogen-bond acceptors (Lipinski definition) is 10. The second kappa shape index (κ2) is 14.6. The molecule has 19 atom stereocenters. The zero-order valence-electron chi connectivity index (χ0n) is 32.8. The third kappa shape index (κ3) is 7.19. The molecule has 6 aliphatic heterocycles. The van der Waals surface area contributed by atoms with E-state index in [0.717, 1.165) is 51.4 Å². The van der Waals surface area contributed by atoms with Crippen LogP contribution in [0.4, 0.5) is 0 Å². The largest absolute Gasteiger partial charge is 0.481 e. The predicted octanol–water partition coefficient (Wildman–Crippen LogP) is 5.71. The number of methoxy groups -OCH3 is 1. The zero-order valence-corrected chi connectivity index (χ0v) is 32.8. The van der Waals surface area contributed by atoms with Gasteiger partial charge in [0, 0.05) is 37.7 Å². The number of aliphatic hydroxyl groups is 2. The molecule has 0 aromatic heterocycles. The van der Waals surface area contributed by atoms with Gasteiger partial charge in [-0.05, 0) is 83.5 Å². The molecule has 0 saturated carbocycles. The van der Waals surface area contributed by atoms with Gasteiger partial charge in [-0.1, -0.05) is 41.5 Å². The van der Waals surface area contributed by atoms with Crippen LogP contribution < -0.4 is 0 Å². The van der Waals surface area contributed by atoms with Gasteiger partial charge in [-0.25, -0.2) is 0 Å². The second-order valence-electron chi connectivity index (χ2n) is 18.4. The van der Waals surface area contributed by atoms with E-state index in [-0.39, 0.29) is 84.3 Å².